The number of carbonyl (C=O) groups is 1. The van der Waals surface area contributed by atoms with Crippen LogP contribution in [0, 0.1) is 17.4 Å². The van der Waals surface area contributed by atoms with Crippen LogP contribution in [0.4, 0.5) is 11.4 Å². The summed E-state index contributed by atoms with van der Waals surface area (Å²) in [5, 5.41) is 15.7. The maximum Gasteiger partial charge on any atom is 0.251 e. The number of nitrogens with one attached hydrogen (secondary N) is 2. The van der Waals surface area contributed by atoms with Gasteiger partial charge in [-0.2, -0.15) is 5.26 Å². The minimum absolute atomic E-state index is 0.00772. The van der Waals surface area contributed by atoms with Crippen LogP contribution in [0.5, 0.6) is 0 Å². The lowest BCUT2D eigenvalue weighted by Crippen LogP contribution is -2.44. The molecule has 6 heteroatoms. The molecule has 0 bridgehead atoms. The Balaban J connectivity index is 1.50. The van der Waals surface area contributed by atoms with Gasteiger partial charge in [-0.15, -0.1) is 0 Å². The number of rotatable bonds is 5. The van der Waals surface area contributed by atoms with Gasteiger partial charge in [0.25, 0.3) is 5.91 Å². The number of likely N-dealkylation sites (tertiary alicyclic amines) is 1. The molecule has 31 heavy (non-hydrogen) atoms. The molecule has 1 aliphatic rings. The topological polar surface area (TPSA) is 81.1 Å². The van der Waals surface area contributed by atoms with Crippen molar-refractivity contribution >= 4 is 17.3 Å². The first kappa shape index (κ1) is 20.4. The first-order valence-electron chi connectivity index (χ1n) is 10.4. The van der Waals surface area contributed by atoms with Gasteiger partial charge in [-0.25, -0.2) is 0 Å². The Morgan fingerprint density at radius 2 is 1.84 bits per heavy atom. The van der Waals surface area contributed by atoms with E-state index in [9.17, 15) is 10.1 Å². The van der Waals surface area contributed by atoms with Gasteiger partial charge in [0.1, 0.15) is 0 Å². The van der Waals surface area contributed by atoms with Crippen LogP contribution in [0.25, 0.3) is 11.1 Å². The zero-order valence-corrected chi connectivity index (χ0v) is 17.6. The number of para-hydroxylation sites is 1. The largest absolute Gasteiger partial charge is 0.354 e. The van der Waals surface area contributed by atoms with Crippen LogP contribution in [0.1, 0.15) is 24.2 Å². The van der Waals surface area contributed by atoms with E-state index in [-0.39, 0.29) is 23.9 Å². The first-order valence-corrected chi connectivity index (χ1v) is 10.4. The molecule has 2 N–H and O–H groups in total. The summed E-state index contributed by atoms with van der Waals surface area (Å²) >= 11 is 0. The summed E-state index contributed by atoms with van der Waals surface area (Å²) in [6, 6.07) is 19.4. The van der Waals surface area contributed by atoms with Gasteiger partial charge in [-0.1, -0.05) is 37.3 Å². The molecule has 2 aromatic carbocycles. The number of nitrogens with zero attached hydrogens (tertiary/aromatic N) is 3. The van der Waals surface area contributed by atoms with Crippen LogP contribution < -0.4 is 10.6 Å². The summed E-state index contributed by atoms with van der Waals surface area (Å²) in [4.78, 5) is 18.8. The molecular weight excluding hydrogens is 386 g/mol. The third-order valence-electron chi connectivity index (χ3n) is 5.87. The van der Waals surface area contributed by atoms with Gasteiger partial charge in [0.05, 0.1) is 24.0 Å². The Morgan fingerprint density at radius 1 is 1.10 bits per heavy atom. The van der Waals surface area contributed by atoms with Gasteiger partial charge in [0, 0.05) is 29.6 Å². The van der Waals surface area contributed by atoms with Crippen molar-refractivity contribution in [3.63, 3.8) is 0 Å². The van der Waals surface area contributed by atoms with Gasteiger partial charge >= 0.3 is 0 Å². The van der Waals surface area contributed by atoms with Gasteiger partial charge in [0.2, 0.25) is 0 Å². The highest BCUT2D eigenvalue weighted by molar-refractivity contribution is 5.95. The Kier molecular flexibility index (Phi) is 5.85. The summed E-state index contributed by atoms with van der Waals surface area (Å²) in [6.45, 7) is 4.71. The molecular formula is C25H25N5O. The molecule has 3 aromatic rings. The fraction of sp³-hybridized carbons (Fsp3) is 0.240. The number of amides is 1. The molecule has 0 saturated carbocycles. The minimum Gasteiger partial charge on any atom is -0.354 e. The Hall–Kier alpha value is -3.85. The van der Waals surface area contributed by atoms with Crippen molar-refractivity contribution in [3.05, 3.63) is 78.6 Å². The lowest BCUT2D eigenvalue weighted by molar-refractivity contribution is 0.0924. The van der Waals surface area contributed by atoms with Crippen LogP contribution in [-0.2, 0) is 0 Å². The number of benzene rings is 2. The molecule has 2 heterocycles. The number of anilines is 2. The molecule has 2 unspecified atom stereocenters. The highest BCUT2D eigenvalue weighted by Crippen LogP contribution is 2.30. The zero-order valence-electron chi connectivity index (χ0n) is 17.6. The van der Waals surface area contributed by atoms with E-state index in [0.717, 1.165) is 22.5 Å². The number of aromatic nitrogens is 1. The average Bonchev–Trinajstić information content (AvgIpc) is 3.08. The minimum atomic E-state index is -0.118. The highest BCUT2D eigenvalue weighted by atomic mass is 16.1. The lowest BCUT2D eigenvalue weighted by atomic mass is 10.00. The molecule has 0 spiro atoms. The Morgan fingerprint density at radius 3 is 2.52 bits per heavy atom. The fourth-order valence-corrected chi connectivity index (χ4v) is 4.11. The van der Waals surface area contributed by atoms with E-state index in [2.05, 4.69) is 28.7 Å². The van der Waals surface area contributed by atoms with E-state index in [1.807, 2.05) is 67.6 Å². The first-order chi connectivity index (χ1) is 15.1. The maximum absolute atomic E-state index is 12.8. The standard InChI is InChI=1S/C25H25N5O/c1-17-15-30(16-26)18(2)24(17)29-25(31)20-10-8-19(9-11-20)22-12-13-27-14-23(22)28-21-6-4-3-5-7-21/h3-14,17-18,24,28H,15H2,1-2H3,(H,29,31)/t17?,18?,24-/m1/s1. The van der Waals surface area contributed by atoms with Gasteiger partial charge in [-0.05, 0) is 48.7 Å². The molecule has 3 atom stereocenters. The predicted molar refractivity (Wildman–Crippen MR) is 122 cm³/mol. The Labute approximate surface area is 182 Å². The van der Waals surface area contributed by atoms with Gasteiger partial charge < -0.3 is 15.5 Å². The van der Waals surface area contributed by atoms with Crippen molar-refractivity contribution < 1.29 is 4.79 Å². The predicted octanol–water partition coefficient (Wildman–Crippen LogP) is 4.41. The third kappa shape index (κ3) is 4.36. The summed E-state index contributed by atoms with van der Waals surface area (Å²) in [7, 11) is 0. The molecule has 0 aliphatic carbocycles. The van der Waals surface area contributed by atoms with E-state index >= 15 is 0 Å². The molecule has 156 valence electrons. The zero-order chi connectivity index (χ0) is 21.8. The second-order valence-corrected chi connectivity index (χ2v) is 7.96. The van der Waals surface area contributed by atoms with Crippen LogP contribution in [0.2, 0.25) is 0 Å². The number of hydrogen-bond donors (Lipinski definition) is 2. The summed E-state index contributed by atoms with van der Waals surface area (Å²) in [5.74, 6) is 0.105. The van der Waals surface area contributed by atoms with E-state index in [1.165, 1.54) is 0 Å². The van der Waals surface area contributed by atoms with Crippen molar-refractivity contribution in [1.82, 2.24) is 15.2 Å². The van der Waals surface area contributed by atoms with Gasteiger partial charge in [0.15, 0.2) is 6.19 Å². The molecule has 1 saturated heterocycles. The summed E-state index contributed by atoms with van der Waals surface area (Å²) in [5.41, 5.74) is 4.49. The van der Waals surface area contributed by atoms with E-state index in [1.54, 1.807) is 17.3 Å². The van der Waals surface area contributed by atoms with Crippen molar-refractivity contribution in [2.45, 2.75) is 25.9 Å². The Bertz CT molecular complexity index is 1090. The average molecular weight is 412 g/mol. The molecule has 1 fully saturated rings. The molecule has 0 radical (unpaired) electrons. The van der Waals surface area contributed by atoms with Gasteiger partial charge in [-0.3, -0.25) is 9.78 Å². The third-order valence-corrected chi connectivity index (χ3v) is 5.87. The van der Waals surface area contributed by atoms with E-state index in [4.69, 9.17) is 0 Å². The normalized spacial score (nSPS) is 20.2. The summed E-state index contributed by atoms with van der Waals surface area (Å²) < 4.78 is 0. The van der Waals surface area contributed by atoms with Crippen molar-refractivity contribution in [3.8, 4) is 17.3 Å². The van der Waals surface area contributed by atoms with Crippen LogP contribution >= 0.6 is 0 Å². The quantitative estimate of drug-likeness (QED) is 0.608. The number of carbonyl (C=O) groups excluding carboxylic acids is 1. The second kappa shape index (κ2) is 8.88. The van der Waals surface area contributed by atoms with Crippen LogP contribution in [0.15, 0.2) is 73.1 Å². The lowest BCUT2D eigenvalue weighted by Gasteiger charge is -2.22. The second-order valence-electron chi connectivity index (χ2n) is 7.96. The number of hydrogen-bond acceptors (Lipinski definition) is 5. The van der Waals surface area contributed by atoms with Crippen LogP contribution in [-0.4, -0.2) is 34.4 Å². The molecule has 1 aliphatic heterocycles. The van der Waals surface area contributed by atoms with E-state index < -0.39 is 0 Å². The SMILES string of the molecule is CC1CN(C#N)C(C)[C@@H]1NC(=O)c1ccc(-c2ccncc2Nc2ccccc2)cc1. The highest BCUT2D eigenvalue weighted by Gasteiger charge is 2.37. The molecule has 1 amide bonds. The van der Waals surface area contributed by atoms with Crippen molar-refractivity contribution in [2.75, 3.05) is 11.9 Å². The molecule has 4 rings (SSSR count). The van der Waals surface area contributed by atoms with Crippen molar-refractivity contribution in [1.29, 1.82) is 5.26 Å². The number of pyridine rings is 1. The van der Waals surface area contributed by atoms with Crippen LogP contribution in [0.3, 0.4) is 0 Å². The summed E-state index contributed by atoms with van der Waals surface area (Å²) in [6.07, 6.45) is 5.76. The fourth-order valence-electron chi connectivity index (χ4n) is 4.11. The number of nitriles is 1. The molecule has 6 nitrogen and oxygen atoms in total. The monoisotopic (exact) mass is 411 g/mol. The van der Waals surface area contributed by atoms with E-state index in [0.29, 0.717) is 12.1 Å². The smallest absolute Gasteiger partial charge is 0.251 e. The van der Waals surface area contributed by atoms with Crippen molar-refractivity contribution in [2.24, 2.45) is 5.92 Å². The molecule has 1 aromatic heterocycles. The maximum atomic E-state index is 12.8.